The highest BCUT2D eigenvalue weighted by atomic mass is 32.1. The van der Waals surface area contributed by atoms with Crippen molar-refractivity contribution in [2.75, 3.05) is 5.32 Å². The van der Waals surface area contributed by atoms with Crippen molar-refractivity contribution in [2.45, 2.75) is 0 Å². The molecule has 1 aromatic heterocycles. The minimum atomic E-state index is -0.392. The number of hydrogen-bond donors (Lipinski definition) is 1. The summed E-state index contributed by atoms with van der Waals surface area (Å²) in [6, 6.07) is 14.7. The van der Waals surface area contributed by atoms with Gasteiger partial charge >= 0.3 is 0 Å². The van der Waals surface area contributed by atoms with Crippen molar-refractivity contribution in [3.63, 3.8) is 0 Å². The van der Waals surface area contributed by atoms with Gasteiger partial charge in [-0.3, -0.25) is 4.79 Å². The average molecular weight is 254 g/mol. The van der Waals surface area contributed by atoms with Gasteiger partial charge in [-0.15, -0.1) is 11.3 Å². The second-order valence-corrected chi connectivity index (χ2v) is 4.48. The van der Waals surface area contributed by atoms with Crippen LogP contribution >= 0.6 is 11.3 Å². The Kier molecular flexibility index (Phi) is 3.90. The lowest BCUT2D eigenvalue weighted by atomic mass is 10.2. The molecule has 4 heteroatoms. The maximum Gasteiger partial charge on any atom is 0.266 e. The SMILES string of the molecule is N#C/C(=C/c1cccs1)C(=O)Nc1ccccc1. The number of carbonyl (C=O) groups excluding carboxylic acids is 1. The van der Waals surface area contributed by atoms with E-state index in [4.69, 9.17) is 5.26 Å². The van der Waals surface area contributed by atoms with Crippen LogP contribution in [-0.2, 0) is 4.79 Å². The highest BCUT2D eigenvalue weighted by Crippen LogP contribution is 2.14. The van der Waals surface area contributed by atoms with E-state index in [2.05, 4.69) is 5.32 Å². The van der Waals surface area contributed by atoms with E-state index in [9.17, 15) is 4.79 Å². The smallest absolute Gasteiger partial charge is 0.266 e. The quantitative estimate of drug-likeness (QED) is 0.675. The third-order valence-electron chi connectivity index (χ3n) is 2.23. The zero-order valence-electron chi connectivity index (χ0n) is 9.46. The topological polar surface area (TPSA) is 52.9 Å². The molecule has 0 spiro atoms. The van der Waals surface area contributed by atoms with Crippen molar-refractivity contribution in [1.82, 2.24) is 0 Å². The lowest BCUT2D eigenvalue weighted by Gasteiger charge is -2.02. The minimum Gasteiger partial charge on any atom is -0.321 e. The van der Waals surface area contributed by atoms with Crippen molar-refractivity contribution < 1.29 is 4.79 Å². The summed E-state index contributed by atoms with van der Waals surface area (Å²) in [7, 11) is 0. The van der Waals surface area contributed by atoms with Crippen molar-refractivity contribution >= 4 is 29.0 Å². The Morgan fingerprint density at radius 2 is 2.00 bits per heavy atom. The first-order valence-electron chi connectivity index (χ1n) is 5.31. The second-order valence-electron chi connectivity index (χ2n) is 3.51. The number of benzene rings is 1. The van der Waals surface area contributed by atoms with Gasteiger partial charge in [0.05, 0.1) is 0 Å². The van der Waals surface area contributed by atoms with Crippen LogP contribution in [0.15, 0.2) is 53.4 Å². The summed E-state index contributed by atoms with van der Waals surface area (Å²) in [6.07, 6.45) is 1.59. The van der Waals surface area contributed by atoms with Gasteiger partial charge in [0.2, 0.25) is 0 Å². The Balaban J connectivity index is 2.15. The van der Waals surface area contributed by atoms with Gasteiger partial charge in [0.1, 0.15) is 11.6 Å². The normalized spacial score (nSPS) is 10.7. The molecule has 18 heavy (non-hydrogen) atoms. The average Bonchev–Trinajstić information content (AvgIpc) is 2.90. The molecule has 0 aliphatic carbocycles. The molecule has 0 aliphatic rings. The minimum absolute atomic E-state index is 0.0984. The third-order valence-corrected chi connectivity index (χ3v) is 3.05. The van der Waals surface area contributed by atoms with Gasteiger partial charge in [-0.1, -0.05) is 24.3 Å². The van der Waals surface area contributed by atoms with E-state index in [1.54, 1.807) is 18.2 Å². The summed E-state index contributed by atoms with van der Waals surface area (Å²) in [5.74, 6) is -0.392. The number of nitrogens with zero attached hydrogens (tertiary/aromatic N) is 1. The maximum atomic E-state index is 11.9. The zero-order valence-corrected chi connectivity index (χ0v) is 10.3. The fourth-order valence-corrected chi connectivity index (χ4v) is 2.04. The zero-order chi connectivity index (χ0) is 12.8. The van der Waals surface area contributed by atoms with Crippen LogP contribution < -0.4 is 5.32 Å². The van der Waals surface area contributed by atoms with Gasteiger partial charge < -0.3 is 5.32 Å². The monoisotopic (exact) mass is 254 g/mol. The number of anilines is 1. The molecule has 0 aliphatic heterocycles. The summed E-state index contributed by atoms with van der Waals surface area (Å²) >= 11 is 1.48. The van der Waals surface area contributed by atoms with E-state index in [0.717, 1.165) is 4.88 Å². The molecule has 0 fully saturated rings. The number of para-hydroxylation sites is 1. The summed E-state index contributed by atoms with van der Waals surface area (Å²) < 4.78 is 0. The lowest BCUT2D eigenvalue weighted by Crippen LogP contribution is -2.13. The number of hydrogen-bond acceptors (Lipinski definition) is 3. The van der Waals surface area contributed by atoms with Gasteiger partial charge in [0.25, 0.3) is 5.91 Å². The van der Waals surface area contributed by atoms with Gasteiger partial charge in [-0.2, -0.15) is 5.26 Å². The molecular weight excluding hydrogens is 244 g/mol. The van der Waals surface area contributed by atoms with Gasteiger partial charge in [0.15, 0.2) is 0 Å². The highest BCUT2D eigenvalue weighted by Gasteiger charge is 2.09. The third kappa shape index (κ3) is 3.06. The van der Waals surface area contributed by atoms with Crippen LogP contribution in [0.1, 0.15) is 4.88 Å². The van der Waals surface area contributed by atoms with E-state index in [-0.39, 0.29) is 5.57 Å². The van der Waals surface area contributed by atoms with Gasteiger partial charge in [0, 0.05) is 10.6 Å². The summed E-state index contributed by atoms with van der Waals surface area (Å²) in [4.78, 5) is 12.8. The molecule has 0 bridgehead atoms. The lowest BCUT2D eigenvalue weighted by molar-refractivity contribution is -0.112. The highest BCUT2D eigenvalue weighted by molar-refractivity contribution is 7.10. The van der Waals surface area contributed by atoms with E-state index < -0.39 is 5.91 Å². The molecule has 1 aromatic carbocycles. The predicted octanol–water partition coefficient (Wildman–Crippen LogP) is 3.29. The maximum absolute atomic E-state index is 11.9. The number of rotatable bonds is 3. The van der Waals surface area contributed by atoms with Crippen molar-refractivity contribution in [3.05, 3.63) is 58.3 Å². The Bertz CT molecular complexity index is 594. The van der Waals surface area contributed by atoms with Crippen LogP contribution in [0.2, 0.25) is 0 Å². The Morgan fingerprint density at radius 1 is 1.22 bits per heavy atom. The molecule has 0 saturated carbocycles. The molecule has 2 aromatic rings. The summed E-state index contributed by atoms with van der Waals surface area (Å²) in [5.41, 5.74) is 0.774. The molecular formula is C14H10N2OS. The van der Waals surface area contributed by atoms with Crippen LogP contribution in [0.25, 0.3) is 6.08 Å². The number of nitrogens with one attached hydrogen (secondary N) is 1. The number of carbonyl (C=O) groups is 1. The van der Waals surface area contributed by atoms with Gasteiger partial charge in [-0.05, 0) is 29.7 Å². The van der Waals surface area contributed by atoms with Crippen molar-refractivity contribution in [2.24, 2.45) is 0 Å². The van der Waals surface area contributed by atoms with Crippen LogP contribution in [0.5, 0.6) is 0 Å². The molecule has 3 nitrogen and oxygen atoms in total. The van der Waals surface area contributed by atoms with Crippen LogP contribution in [0.4, 0.5) is 5.69 Å². The first-order valence-corrected chi connectivity index (χ1v) is 6.19. The Labute approximate surface area is 109 Å². The molecule has 0 atom stereocenters. The first kappa shape index (κ1) is 12.1. The summed E-state index contributed by atoms with van der Waals surface area (Å²) in [6.45, 7) is 0. The standard InChI is InChI=1S/C14H10N2OS/c15-10-11(9-13-7-4-8-18-13)14(17)16-12-5-2-1-3-6-12/h1-9H,(H,16,17)/b11-9-. The van der Waals surface area contributed by atoms with E-state index in [1.165, 1.54) is 11.3 Å². The van der Waals surface area contributed by atoms with Crippen LogP contribution in [-0.4, -0.2) is 5.91 Å². The first-order chi connectivity index (χ1) is 8.79. The van der Waals surface area contributed by atoms with Crippen LogP contribution in [0, 0.1) is 11.3 Å². The second kappa shape index (κ2) is 5.80. The summed E-state index contributed by atoms with van der Waals surface area (Å²) in [5, 5.41) is 13.6. The number of thiophene rings is 1. The molecule has 2 rings (SSSR count). The molecule has 1 N–H and O–H groups in total. The van der Waals surface area contributed by atoms with Crippen molar-refractivity contribution in [1.29, 1.82) is 5.26 Å². The Morgan fingerprint density at radius 3 is 2.61 bits per heavy atom. The molecule has 1 amide bonds. The van der Waals surface area contributed by atoms with Crippen LogP contribution in [0.3, 0.4) is 0 Å². The number of amides is 1. The number of nitriles is 1. The Hall–Kier alpha value is -2.38. The predicted molar refractivity (Wildman–Crippen MR) is 73.0 cm³/mol. The molecule has 1 heterocycles. The van der Waals surface area contributed by atoms with E-state index >= 15 is 0 Å². The molecule has 0 unspecified atom stereocenters. The molecule has 88 valence electrons. The van der Waals surface area contributed by atoms with E-state index in [0.29, 0.717) is 5.69 Å². The largest absolute Gasteiger partial charge is 0.321 e. The molecule has 0 saturated heterocycles. The fourth-order valence-electron chi connectivity index (χ4n) is 1.38. The fraction of sp³-hybridized carbons (Fsp3) is 0. The van der Waals surface area contributed by atoms with Crippen molar-refractivity contribution in [3.8, 4) is 6.07 Å². The van der Waals surface area contributed by atoms with E-state index in [1.807, 2.05) is 41.8 Å². The molecule has 0 radical (unpaired) electrons. The van der Waals surface area contributed by atoms with Gasteiger partial charge in [-0.25, -0.2) is 0 Å².